The summed E-state index contributed by atoms with van der Waals surface area (Å²) < 4.78 is 11.3. The molecule has 162 valence electrons. The Morgan fingerprint density at radius 1 is 1.07 bits per heavy atom. The number of ether oxygens (including phenoxy) is 2. The Kier molecular flexibility index (Phi) is 7.13. The van der Waals surface area contributed by atoms with E-state index in [1.54, 1.807) is 13.2 Å². The second-order valence-corrected chi connectivity index (χ2v) is 8.09. The zero-order valence-corrected chi connectivity index (χ0v) is 18.6. The Morgan fingerprint density at radius 3 is 2.43 bits per heavy atom. The fourth-order valence-corrected chi connectivity index (χ4v) is 3.51. The molecule has 0 saturated carbocycles. The van der Waals surface area contributed by atoms with Crippen LogP contribution in [0.25, 0.3) is 0 Å². The van der Waals surface area contributed by atoms with Crippen LogP contribution in [0.15, 0.2) is 24.3 Å². The summed E-state index contributed by atoms with van der Waals surface area (Å²) in [4.78, 5) is 26.0. The maximum Gasteiger partial charge on any atom is 0.254 e. The van der Waals surface area contributed by atoms with E-state index >= 15 is 0 Å². The van der Waals surface area contributed by atoms with Crippen LogP contribution < -0.4 is 14.4 Å². The average molecular weight is 413 g/mol. The second kappa shape index (κ2) is 9.78. The van der Waals surface area contributed by atoms with Crippen molar-refractivity contribution in [2.75, 3.05) is 44.8 Å². The molecule has 7 heteroatoms. The monoisotopic (exact) mass is 412 g/mol. The van der Waals surface area contributed by atoms with Crippen LogP contribution in [0.2, 0.25) is 0 Å². The topological polar surface area (TPSA) is 67.8 Å². The summed E-state index contributed by atoms with van der Waals surface area (Å²) in [5.41, 5.74) is 1.57. The number of anilines is 1. The number of methoxy groups -OCH3 is 1. The summed E-state index contributed by atoms with van der Waals surface area (Å²) in [7, 11) is 1.60. The molecule has 1 aliphatic rings. The van der Waals surface area contributed by atoms with Crippen LogP contribution in [0.4, 0.5) is 5.82 Å². The van der Waals surface area contributed by atoms with Crippen molar-refractivity contribution >= 4 is 11.7 Å². The Balaban J connectivity index is 1.63. The standard InChI is InChI=1S/C23H32N4O3/c1-16(2)8-13-30-20-7-6-19(15-21(20)29-5)23(28)27-11-9-26(10-12-27)22-14-17(3)24-18(4)25-22/h6-7,14-16H,8-13H2,1-5H3. The van der Waals surface area contributed by atoms with Gasteiger partial charge in [-0.25, -0.2) is 9.97 Å². The van der Waals surface area contributed by atoms with Gasteiger partial charge < -0.3 is 19.3 Å². The van der Waals surface area contributed by atoms with Gasteiger partial charge in [-0.05, 0) is 44.4 Å². The maximum atomic E-state index is 13.0. The average Bonchev–Trinajstić information content (AvgIpc) is 2.72. The fourth-order valence-electron chi connectivity index (χ4n) is 3.51. The first-order valence-electron chi connectivity index (χ1n) is 10.5. The third-order valence-corrected chi connectivity index (χ3v) is 5.21. The molecule has 1 aliphatic heterocycles. The molecule has 2 aromatic rings. The van der Waals surface area contributed by atoms with E-state index < -0.39 is 0 Å². The smallest absolute Gasteiger partial charge is 0.254 e. The highest BCUT2D eigenvalue weighted by Gasteiger charge is 2.24. The number of carbonyl (C=O) groups is 1. The molecule has 7 nitrogen and oxygen atoms in total. The van der Waals surface area contributed by atoms with E-state index in [4.69, 9.17) is 9.47 Å². The second-order valence-electron chi connectivity index (χ2n) is 8.09. The number of hydrogen-bond acceptors (Lipinski definition) is 6. The Hall–Kier alpha value is -2.83. The van der Waals surface area contributed by atoms with Gasteiger partial charge in [0.25, 0.3) is 5.91 Å². The highest BCUT2D eigenvalue weighted by atomic mass is 16.5. The van der Waals surface area contributed by atoms with Crippen molar-refractivity contribution in [2.45, 2.75) is 34.1 Å². The van der Waals surface area contributed by atoms with E-state index in [2.05, 4.69) is 28.7 Å². The number of carbonyl (C=O) groups excluding carboxylic acids is 1. The van der Waals surface area contributed by atoms with Gasteiger partial charge in [-0.1, -0.05) is 13.8 Å². The largest absolute Gasteiger partial charge is 0.493 e. The number of aromatic nitrogens is 2. The van der Waals surface area contributed by atoms with Gasteiger partial charge in [0.1, 0.15) is 11.6 Å². The number of nitrogens with zero attached hydrogens (tertiary/aromatic N) is 4. The van der Waals surface area contributed by atoms with Crippen molar-refractivity contribution in [2.24, 2.45) is 5.92 Å². The van der Waals surface area contributed by atoms with Crippen LogP contribution >= 0.6 is 0 Å². The van der Waals surface area contributed by atoms with Crippen LogP contribution in [-0.4, -0.2) is 60.7 Å². The van der Waals surface area contributed by atoms with Crippen molar-refractivity contribution in [3.05, 3.63) is 41.3 Å². The predicted octanol–water partition coefficient (Wildman–Crippen LogP) is 3.49. The van der Waals surface area contributed by atoms with Gasteiger partial charge in [0.05, 0.1) is 13.7 Å². The number of benzene rings is 1. The predicted molar refractivity (Wildman–Crippen MR) is 118 cm³/mol. The first-order valence-corrected chi connectivity index (χ1v) is 10.5. The highest BCUT2D eigenvalue weighted by Crippen LogP contribution is 2.29. The van der Waals surface area contributed by atoms with E-state index in [0.29, 0.717) is 42.7 Å². The van der Waals surface area contributed by atoms with Crippen molar-refractivity contribution < 1.29 is 14.3 Å². The minimum absolute atomic E-state index is 0.0109. The molecule has 1 amide bonds. The molecule has 0 spiro atoms. The van der Waals surface area contributed by atoms with Gasteiger partial charge in [-0.2, -0.15) is 0 Å². The van der Waals surface area contributed by atoms with Crippen LogP contribution in [0, 0.1) is 19.8 Å². The van der Waals surface area contributed by atoms with Crippen molar-refractivity contribution in [1.29, 1.82) is 0 Å². The Labute approximate surface area is 179 Å². The van der Waals surface area contributed by atoms with Crippen molar-refractivity contribution in [3.8, 4) is 11.5 Å². The maximum absolute atomic E-state index is 13.0. The SMILES string of the molecule is COc1cc(C(=O)N2CCN(c3cc(C)nc(C)n3)CC2)ccc1OCCC(C)C. The van der Waals surface area contributed by atoms with E-state index in [0.717, 1.165) is 36.8 Å². The number of rotatable bonds is 7. The quantitative estimate of drug-likeness (QED) is 0.694. The lowest BCUT2D eigenvalue weighted by molar-refractivity contribution is 0.0746. The molecular formula is C23H32N4O3. The summed E-state index contributed by atoms with van der Waals surface area (Å²) >= 11 is 0. The first kappa shape index (κ1) is 21.9. The summed E-state index contributed by atoms with van der Waals surface area (Å²) in [5.74, 6) is 3.55. The number of amides is 1. The molecule has 0 atom stereocenters. The Bertz CT molecular complexity index is 856. The lowest BCUT2D eigenvalue weighted by atomic mass is 10.1. The van der Waals surface area contributed by atoms with E-state index in [-0.39, 0.29) is 5.91 Å². The minimum atomic E-state index is 0.0109. The zero-order valence-electron chi connectivity index (χ0n) is 18.6. The summed E-state index contributed by atoms with van der Waals surface area (Å²) in [6, 6.07) is 7.41. The third-order valence-electron chi connectivity index (χ3n) is 5.21. The molecule has 0 aliphatic carbocycles. The van der Waals surface area contributed by atoms with Crippen molar-refractivity contribution in [3.63, 3.8) is 0 Å². The van der Waals surface area contributed by atoms with Crippen LogP contribution in [0.1, 0.15) is 42.1 Å². The molecule has 1 aromatic carbocycles. The lowest BCUT2D eigenvalue weighted by Crippen LogP contribution is -2.49. The number of hydrogen-bond donors (Lipinski definition) is 0. The van der Waals surface area contributed by atoms with Gasteiger partial charge in [-0.3, -0.25) is 4.79 Å². The molecule has 30 heavy (non-hydrogen) atoms. The van der Waals surface area contributed by atoms with E-state index in [1.165, 1.54) is 0 Å². The third kappa shape index (κ3) is 5.40. The Morgan fingerprint density at radius 2 is 1.80 bits per heavy atom. The molecule has 0 N–H and O–H groups in total. The first-order chi connectivity index (χ1) is 14.4. The van der Waals surface area contributed by atoms with Gasteiger partial charge in [0.15, 0.2) is 11.5 Å². The van der Waals surface area contributed by atoms with Gasteiger partial charge in [0.2, 0.25) is 0 Å². The molecule has 1 aromatic heterocycles. The summed E-state index contributed by atoms with van der Waals surface area (Å²) in [6.45, 7) is 11.6. The normalized spacial score (nSPS) is 14.2. The molecule has 1 saturated heterocycles. The molecule has 0 bridgehead atoms. The number of aryl methyl sites for hydroxylation is 2. The van der Waals surface area contributed by atoms with Gasteiger partial charge >= 0.3 is 0 Å². The molecule has 0 unspecified atom stereocenters. The molecule has 2 heterocycles. The molecular weight excluding hydrogens is 380 g/mol. The lowest BCUT2D eigenvalue weighted by Gasteiger charge is -2.35. The zero-order chi connectivity index (χ0) is 21.7. The van der Waals surface area contributed by atoms with E-state index in [9.17, 15) is 4.79 Å². The van der Waals surface area contributed by atoms with E-state index in [1.807, 2.05) is 36.9 Å². The van der Waals surface area contributed by atoms with Crippen LogP contribution in [-0.2, 0) is 0 Å². The van der Waals surface area contributed by atoms with Gasteiger partial charge in [-0.15, -0.1) is 0 Å². The van der Waals surface area contributed by atoms with Crippen LogP contribution in [0.5, 0.6) is 11.5 Å². The fraction of sp³-hybridized carbons (Fsp3) is 0.522. The van der Waals surface area contributed by atoms with Gasteiger partial charge in [0, 0.05) is 43.5 Å². The summed E-state index contributed by atoms with van der Waals surface area (Å²) in [5, 5.41) is 0. The molecule has 3 rings (SSSR count). The minimum Gasteiger partial charge on any atom is -0.493 e. The molecule has 0 radical (unpaired) electrons. The highest BCUT2D eigenvalue weighted by molar-refractivity contribution is 5.95. The van der Waals surface area contributed by atoms with Crippen LogP contribution in [0.3, 0.4) is 0 Å². The number of piperazine rings is 1. The summed E-state index contributed by atoms with van der Waals surface area (Å²) in [6.07, 6.45) is 0.972. The molecule has 1 fully saturated rings. The van der Waals surface area contributed by atoms with Crippen molar-refractivity contribution in [1.82, 2.24) is 14.9 Å².